The van der Waals surface area contributed by atoms with E-state index < -0.39 is 0 Å². The molecule has 2 aromatic rings. The highest BCUT2D eigenvalue weighted by molar-refractivity contribution is 5.94. The van der Waals surface area contributed by atoms with Crippen LogP contribution in [0.2, 0.25) is 0 Å². The molecule has 2 unspecified atom stereocenters. The van der Waals surface area contributed by atoms with Gasteiger partial charge in [0.2, 0.25) is 5.89 Å². The van der Waals surface area contributed by atoms with Crippen molar-refractivity contribution in [3.8, 4) is 5.75 Å². The fourth-order valence-electron chi connectivity index (χ4n) is 2.33. The summed E-state index contributed by atoms with van der Waals surface area (Å²) in [4.78, 5) is 17.0. The Balaban J connectivity index is 0.00000338. The van der Waals surface area contributed by atoms with Crippen LogP contribution in [0.3, 0.4) is 0 Å². The summed E-state index contributed by atoms with van der Waals surface area (Å²) in [5, 5.41) is 10.1. The van der Waals surface area contributed by atoms with Crippen molar-refractivity contribution in [2.24, 2.45) is 5.92 Å². The molecular formula is C18H27ClN4O3. The Bertz CT molecular complexity index is 688. The van der Waals surface area contributed by atoms with Crippen molar-refractivity contribution in [3.63, 3.8) is 0 Å². The molecule has 0 fully saturated rings. The molecule has 1 aromatic carbocycles. The van der Waals surface area contributed by atoms with Gasteiger partial charge in [-0.3, -0.25) is 4.79 Å². The van der Waals surface area contributed by atoms with E-state index in [4.69, 9.17) is 9.26 Å². The lowest BCUT2D eigenvalue weighted by atomic mass is 10.0. The van der Waals surface area contributed by atoms with E-state index in [2.05, 4.69) is 20.8 Å². The molecule has 0 spiro atoms. The minimum Gasteiger partial charge on any atom is -0.497 e. The molecule has 0 aliphatic rings. The second-order valence-corrected chi connectivity index (χ2v) is 6.37. The lowest BCUT2D eigenvalue weighted by molar-refractivity contribution is 0.0914. The molecule has 144 valence electrons. The highest BCUT2D eigenvalue weighted by Gasteiger charge is 2.25. The van der Waals surface area contributed by atoms with Gasteiger partial charge in [-0.1, -0.05) is 19.0 Å². The molecule has 2 atom stereocenters. The maximum Gasteiger partial charge on any atom is 0.251 e. The lowest BCUT2D eigenvalue weighted by Gasteiger charge is -2.18. The molecule has 2 N–H and O–H groups in total. The van der Waals surface area contributed by atoms with E-state index >= 15 is 0 Å². The van der Waals surface area contributed by atoms with E-state index in [1.54, 1.807) is 31.4 Å². The summed E-state index contributed by atoms with van der Waals surface area (Å²) in [6.07, 6.45) is 0.664. The first-order valence-corrected chi connectivity index (χ1v) is 8.39. The number of likely N-dealkylation sites (N-methyl/N-ethyl adjacent to an activating group) is 1. The van der Waals surface area contributed by atoms with Crippen molar-refractivity contribution in [2.75, 3.05) is 14.2 Å². The number of nitrogens with zero attached hydrogens (tertiary/aromatic N) is 2. The number of amides is 1. The topological polar surface area (TPSA) is 89.3 Å². The molecule has 0 radical (unpaired) electrons. The maximum absolute atomic E-state index is 12.5. The zero-order valence-corrected chi connectivity index (χ0v) is 16.6. The van der Waals surface area contributed by atoms with Gasteiger partial charge in [0.05, 0.1) is 7.11 Å². The number of carbonyl (C=O) groups is 1. The van der Waals surface area contributed by atoms with Gasteiger partial charge in [-0.05, 0) is 44.2 Å². The van der Waals surface area contributed by atoms with Gasteiger partial charge in [0.15, 0.2) is 5.82 Å². The average molecular weight is 383 g/mol. The second kappa shape index (κ2) is 10.1. The SMILES string of the molecule is CNC(C)Cc1noc(C(NC(=O)c2ccc(OC)cc2)C(C)C)n1.Cl. The molecule has 0 aliphatic heterocycles. The molecule has 1 aromatic heterocycles. The van der Waals surface area contributed by atoms with Gasteiger partial charge >= 0.3 is 0 Å². The monoisotopic (exact) mass is 382 g/mol. The van der Waals surface area contributed by atoms with Crippen LogP contribution in [0.4, 0.5) is 0 Å². The minimum atomic E-state index is -0.347. The van der Waals surface area contributed by atoms with E-state index in [9.17, 15) is 4.79 Å². The van der Waals surface area contributed by atoms with E-state index in [0.29, 0.717) is 29.4 Å². The Morgan fingerprint density at radius 1 is 1.23 bits per heavy atom. The quantitative estimate of drug-likeness (QED) is 0.729. The number of hydrogen-bond acceptors (Lipinski definition) is 6. The molecule has 0 saturated heterocycles. The molecule has 0 saturated carbocycles. The number of hydrogen-bond donors (Lipinski definition) is 2. The van der Waals surface area contributed by atoms with Crippen molar-refractivity contribution < 1.29 is 14.1 Å². The number of aromatic nitrogens is 2. The molecule has 26 heavy (non-hydrogen) atoms. The fourth-order valence-corrected chi connectivity index (χ4v) is 2.33. The number of carbonyl (C=O) groups excluding carboxylic acids is 1. The number of nitrogens with one attached hydrogen (secondary N) is 2. The molecule has 1 amide bonds. The number of methoxy groups -OCH3 is 1. The van der Waals surface area contributed by atoms with E-state index in [-0.39, 0.29) is 36.3 Å². The van der Waals surface area contributed by atoms with E-state index in [0.717, 1.165) is 0 Å². The average Bonchev–Trinajstić information content (AvgIpc) is 3.07. The number of benzene rings is 1. The summed E-state index contributed by atoms with van der Waals surface area (Å²) in [7, 11) is 3.48. The zero-order chi connectivity index (χ0) is 18.4. The molecule has 8 heteroatoms. The standard InChI is InChI=1S/C18H26N4O3.ClH/c1-11(2)16(18-20-15(22-25-18)10-12(3)19-4)21-17(23)13-6-8-14(24-5)9-7-13;/h6-9,11-12,16,19H,10H2,1-5H3,(H,21,23);1H. The van der Waals surface area contributed by atoms with E-state index in [1.165, 1.54) is 0 Å². The van der Waals surface area contributed by atoms with Crippen LogP contribution in [0.15, 0.2) is 28.8 Å². The van der Waals surface area contributed by atoms with Gasteiger partial charge in [0.25, 0.3) is 5.91 Å². The Morgan fingerprint density at radius 3 is 2.42 bits per heavy atom. The lowest BCUT2D eigenvalue weighted by Crippen LogP contribution is -2.32. The normalized spacial score (nSPS) is 13.0. The summed E-state index contributed by atoms with van der Waals surface area (Å²) < 4.78 is 10.5. The van der Waals surface area contributed by atoms with Crippen molar-refractivity contribution in [2.45, 2.75) is 39.3 Å². The first-order valence-electron chi connectivity index (χ1n) is 8.39. The molecule has 7 nitrogen and oxygen atoms in total. The highest BCUT2D eigenvalue weighted by Crippen LogP contribution is 2.21. The van der Waals surface area contributed by atoms with Crippen LogP contribution in [-0.2, 0) is 6.42 Å². The van der Waals surface area contributed by atoms with Crippen LogP contribution < -0.4 is 15.4 Å². The van der Waals surface area contributed by atoms with Gasteiger partial charge in [-0.2, -0.15) is 4.98 Å². The Morgan fingerprint density at radius 2 is 1.88 bits per heavy atom. The third kappa shape index (κ3) is 5.71. The third-order valence-corrected chi connectivity index (χ3v) is 4.04. The molecule has 0 aliphatic carbocycles. The smallest absolute Gasteiger partial charge is 0.251 e. The number of halogens is 1. The predicted molar refractivity (Wildman–Crippen MR) is 102 cm³/mol. The molecular weight excluding hydrogens is 356 g/mol. The fraction of sp³-hybridized carbons (Fsp3) is 0.500. The van der Waals surface area contributed by atoms with Crippen LogP contribution in [0.5, 0.6) is 5.75 Å². The molecule has 1 heterocycles. The third-order valence-electron chi connectivity index (χ3n) is 4.04. The number of rotatable bonds is 8. The minimum absolute atomic E-state index is 0. The second-order valence-electron chi connectivity index (χ2n) is 6.37. The van der Waals surface area contributed by atoms with Gasteiger partial charge in [-0.15, -0.1) is 12.4 Å². The van der Waals surface area contributed by atoms with Crippen molar-refractivity contribution in [1.29, 1.82) is 0 Å². The zero-order valence-electron chi connectivity index (χ0n) is 15.8. The summed E-state index contributed by atoms with van der Waals surface area (Å²) in [5.74, 6) is 1.68. The summed E-state index contributed by atoms with van der Waals surface area (Å²) >= 11 is 0. The molecule has 0 bridgehead atoms. The van der Waals surface area contributed by atoms with Crippen LogP contribution in [0, 0.1) is 5.92 Å². The van der Waals surface area contributed by atoms with Gasteiger partial charge in [0.1, 0.15) is 11.8 Å². The van der Waals surface area contributed by atoms with Crippen molar-refractivity contribution >= 4 is 18.3 Å². The Hall–Kier alpha value is -2.12. The maximum atomic E-state index is 12.5. The molecule has 2 rings (SSSR count). The van der Waals surface area contributed by atoms with Crippen LogP contribution in [0.1, 0.15) is 48.9 Å². The Labute approximate surface area is 160 Å². The van der Waals surface area contributed by atoms with Crippen molar-refractivity contribution in [3.05, 3.63) is 41.5 Å². The van der Waals surface area contributed by atoms with Crippen LogP contribution in [-0.4, -0.2) is 36.2 Å². The largest absolute Gasteiger partial charge is 0.497 e. The van der Waals surface area contributed by atoms with Crippen molar-refractivity contribution in [1.82, 2.24) is 20.8 Å². The van der Waals surface area contributed by atoms with Crippen LogP contribution in [0.25, 0.3) is 0 Å². The predicted octanol–water partition coefficient (Wildman–Crippen LogP) is 2.78. The first kappa shape index (κ1) is 21.9. The van der Waals surface area contributed by atoms with Gasteiger partial charge in [0, 0.05) is 18.0 Å². The summed E-state index contributed by atoms with van der Waals surface area (Å²) in [6, 6.07) is 6.85. The summed E-state index contributed by atoms with van der Waals surface area (Å²) in [6.45, 7) is 6.04. The van der Waals surface area contributed by atoms with Crippen LogP contribution >= 0.6 is 12.4 Å². The first-order chi connectivity index (χ1) is 11.9. The van der Waals surface area contributed by atoms with E-state index in [1.807, 2.05) is 27.8 Å². The Kier molecular flexibility index (Phi) is 8.54. The summed E-state index contributed by atoms with van der Waals surface area (Å²) in [5.41, 5.74) is 0.551. The number of ether oxygens (including phenoxy) is 1. The highest BCUT2D eigenvalue weighted by atomic mass is 35.5. The van der Waals surface area contributed by atoms with Gasteiger partial charge < -0.3 is 19.9 Å². The van der Waals surface area contributed by atoms with Gasteiger partial charge in [-0.25, -0.2) is 0 Å².